The molecule has 190 valence electrons. The van der Waals surface area contributed by atoms with Gasteiger partial charge in [-0.2, -0.15) is 0 Å². The SMILES string of the molecule is COc1cc(/C=C2/SC(=S)N(C(C(=O)O)c3ccccc3)C2=O)ccc1OCc1cc(C)c(C)cc1C. The van der Waals surface area contributed by atoms with Gasteiger partial charge in [0.2, 0.25) is 0 Å². The van der Waals surface area contributed by atoms with Crippen molar-refractivity contribution < 1.29 is 24.2 Å². The number of nitrogens with zero attached hydrogens (tertiary/aromatic N) is 1. The molecule has 0 spiro atoms. The second kappa shape index (κ2) is 11.2. The molecule has 0 bridgehead atoms. The van der Waals surface area contributed by atoms with E-state index in [1.165, 1.54) is 11.1 Å². The van der Waals surface area contributed by atoms with E-state index in [1.54, 1.807) is 55.7 Å². The number of rotatable bonds is 8. The predicted octanol–water partition coefficient (Wildman–Crippen LogP) is 6.23. The Morgan fingerprint density at radius 2 is 1.73 bits per heavy atom. The minimum atomic E-state index is -1.20. The number of amides is 1. The maximum atomic E-state index is 13.2. The second-order valence-electron chi connectivity index (χ2n) is 8.77. The van der Waals surface area contributed by atoms with E-state index in [2.05, 4.69) is 32.9 Å². The monoisotopic (exact) mass is 533 g/mol. The van der Waals surface area contributed by atoms with Gasteiger partial charge in [0.05, 0.1) is 12.0 Å². The smallest absolute Gasteiger partial charge is 0.331 e. The summed E-state index contributed by atoms with van der Waals surface area (Å²) in [7, 11) is 1.56. The summed E-state index contributed by atoms with van der Waals surface area (Å²) in [6.07, 6.45) is 1.68. The number of methoxy groups -OCH3 is 1. The fourth-order valence-electron chi connectivity index (χ4n) is 4.12. The van der Waals surface area contributed by atoms with Crippen molar-refractivity contribution in [2.75, 3.05) is 7.11 Å². The summed E-state index contributed by atoms with van der Waals surface area (Å²) < 4.78 is 11.8. The van der Waals surface area contributed by atoms with Crippen LogP contribution in [0.3, 0.4) is 0 Å². The first-order valence-electron chi connectivity index (χ1n) is 11.6. The number of hydrogen-bond acceptors (Lipinski definition) is 6. The zero-order valence-corrected chi connectivity index (χ0v) is 22.6. The molecule has 1 amide bonds. The number of benzene rings is 3. The summed E-state index contributed by atoms with van der Waals surface area (Å²) in [5, 5.41) is 9.86. The van der Waals surface area contributed by atoms with E-state index in [1.807, 2.05) is 6.07 Å². The Morgan fingerprint density at radius 3 is 2.41 bits per heavy atom. The third-order valence-corrected chi connectivity index (χ3v) is 7.58. The van der Waals surface area contributed by atoms with Crippen molar-refractivity contribution in [3.63, 3.8) is 0 Å². The molecule has 6 nitrogen and oxygen atoms in total. The standard InChI is InChI=1S/C29H27NO5S2/c1-17-12-19(3)22(13-18(17)2)16-35-23-11-10-20(14-24(23)34-4)15-25-27(31)30(29(36)37-25)26(28(32)33)21-8-6-5-7-9-21/h5-15,26H,16H2,1-4H3,(H,32,33)/b25-15+. The lowest BCUT2D eigenvalue weighted by atomic mass is 10.0. The number of thiocarbonyl (C=S) groups is 1. The third-order valence-electron chi connectivity index (χ3n) is 6.25. The molecule has 3 aromatic rings. The number of carbonyl (C=O) groups excluding carboxylic acids is 1. The topological polar surface area (TPSA) is 76.1 Å². The highest BCUT2D eigenvalue weighted by atomic mass is 32.2. The van der Waals surface area contributed by atoms with Crippen molar-refractivity contribution in [2.45, 2.75) is 33.4 Å². The molecule has 8 heteroatoms. The van der Waals surface area contributed by atoms with E-state index < -0.39 is 17.9 Å². The molecule has 1 aliphatic rings. The van der Waals surface area contributed by atoms with Crippen LogP contribution in [0.4, 0.5) is 0 Å². The molecule has 1 aliphatic heterocycles. The van der Waals surface area contributed by atoms with Gasteiger partial charge >= 0.3 is 5.97 Å². The number of aryl methyl sites for hydroxylation is 3. The average Bonchev–Trinajstić information content (AvgIpc) is 3.14. The highest BCUT2D eigenvalue weighted by Crippen LogP contribution is 2.39. The number of carbonyl (C=O) groups is 2. The van der Waals surface area contributed by atoms with Gasteiger partial charge < -0.3 is 14.6 Å². The van der Waals surface area contributed by atoms with Gasteiger partial charge in [0.15, 0.2) is 17.5 Å². The Kier molecular flexibility index (Phi) is 8.00. The largest absolute Gasteiger partial charge is 0.493 e. The lowest BCUT2D eigenvalue weighted by molar-refractivity contribution is -0.145. The van der Waals surface area contributed by atoms with Gasteiger partial charge in [0.1, 0.15) is 10.9 Å². The van der Waals surface area contributed by atoms with E-state index in [0.717, 1.165) is 27.8 Å². The van der Waals surface area contributed by atoms with Crippen LogP contribution in [0.25, 0.3) is 6.08 Å². The molecule has 37 heavy (non-hydrogen) atoms. The maximum Gasteiger partial charge on any atom is 0.331 e. The summed E-state index contributed by atoms with van der Waals surface area (Å²) in [5.74, 6) is -0.486. The van der Waals surface area contributed by atoms with Crippen molar-refractivity contribution in [3.8, 4) is 11.5 Å². The van der Waals surface area contributed by atoms with E-state index in [9.17, 15) is 14.7 Å². The van der Waals surface area contributed by atoms with Crippen LogP contribution in [0.15, 0.2) is 65.6 Å². The Morgan fingerprint density at radius 1 is 1.03 bits per heavy atom. The second-order valence-corrected chi connectivity index (χ2v) is 10.4. The highest BCUT2D eigenvalue weighted by Gasteiger charge is 2.41. The van der Waals surface area contributed by atoms with Crippen LogP contribution >= 0.6 is 24.0 Å². The molecule has 1 unspecified atom stereocenters. The number of ether oxygens (including phenoxy) is 2. The van der Waals surface area contributed by atoms with Crippen molar-refractivity contribution in [1.29, 1.82) is 0 Å². The molecule has 1 saturated heterocycles. The number of hydrogen-bond donors (Lipinski definition) is 1. The van der Waals surface area contributed by atoms with E-state index >= 15 is 0 Å². The quantitative estimate of drug-likeness (QED) is 0.272. The Balaban J connectivity index is 1.56. The van der Waals surface area contributed by atoms with Gasteiger partial charge in [-0.25, -0.2) is 4.79 Å². The summed E-state index contributed by atoms with van der Waals surface area (Å²) in [4.78, 5) is 26.8. The molecule has 0 aliphatic carbocycles. The molecule has 1 atom stereocenters. The normalized spacial score (nSPS) is 15.2. The van der Waals surface area contributed by atoms with Gasteiger partial charge in [-0.15, -0.1) is 0 Å². The van der Waals surface area contributed by atoms with E-state index in [-0.39, 0.29) is 4.32 Å². The minimum Gasteiger partial charge on any atom is -0.493 e. The van der Waals surface area contributed by atoms with Crippen LogP contribution in [-0.4, -0.2) is 33.3 Å². The molecule has 0 saturated carbocycles. The Hall–Kier alpha value is -3.62. The minimum absolute atomic E-state index is 0.197. The zero-order chi connectivity index (χ0) is 26.7. The molecule has 1 heterocycles. The zero-order valence-electron chi connectivity index (χ0n) is 21.0. The first kappa shape index (κ1) is 26.4. The molecule has 0 aromatic heterocycles. The molecular weight excluding hydrogens is 506 g/mol. The molecule has 3 aromatic carbocycles. The summed E-state index contributed by atoms with van der Waals surface area (Å²) in [6.45, 7) is 6.63. The first-order valence-corrected chi connectivity index (χ1v) is 12.8. The van der Waals surface area contributed by atoms with Crippen LogP contribution in [0, 0.1) is 20.8 Å². The number of thioether (sulfide) groups is 1. The fourth-order valence-corrected chi connectivity index (χ4v) is 5.43. The van der Waals surface area contributed by atoms with Crippen LogP contribution in [0.5, 0.6) is 11.5 Å². The molecule has 1 fully saturated rings. The van der Waals surface area contributed by atoms with Gasteiger partial charge in [0, 0.05) is 0 Å². The van der Waals surface area contributed by atoms with Gasteiger partial charge in [-0.3, -0.25) is 9.69 Å². The van der Waals surface area contributed by atoms with Crippen molar-refractivity contribution in [3.05, 3.63) is 98.9 Å². The van der Waals surface area contributed by atoms with Gasteiger partial charge in [-0.1, -0.05) is 72.5 Å². The van der Waals surface area contributed by atoms with Crippen molar-refractivity contribution in [1.82, 2.24) is 4.90 Å². The first-order chi connectivity index (χ1) is 17.7. The summed E-state index contributed by atoms with van der Waals surface area (Å²) in [5.41, 5.74) is 5.90. The Bertz CT molecular complexity index is 1400. The third kappa shape index (κ3) is 5.70. The van der Waals surface area contributed by atoms with E-state index in [0.29, 0.717) is 34.1 Å². The number of aliphatic carboxylic acids is 1. The van der Waals surface area contributed by atoms with Crippen LogP contribution < -0.4 is 9.47 Å². The predicted molar refractivity (Wildman–Crippen MR) is 150 cm³/mol. The number of carboxylic acid groups (broad SMARTS) is 1. The fraction of sp³-hybridized carbons (Fsp3) is 0.207. The molecule has 1 N–H and O–H groups in total. The molecule has 4 rings (SSSR count). The summed E-state index contributed by atoms with van der Waals surface area (Å²) in [6, 6.07) is 17.1. The lowest BCUT2D eigenvalue weighted by Gasteiger charge is -2.23. The van der Waals surface area contributed by atoms with Crippen LogP contribution in [0.2, 0.25) is 0 Å². The number of carboxylic acids is 1. The molecule has 0 radical (unpaired) electrons. The van der Waals surface area contributed by atoms with Crippen molar-refractivity contribution >= 4 is 46.3 Å². The lowest BCUT2D eigenvalue weighted by Crippen LogP contribution is -2.37. The van der Waals surface area contributed by atoms with Gasteiger partial charge in [0.25, 0.3) is 5.91 Å². The van der Waals surface area contributed by atoms with Crippen LogP contribution in [0.1, 0.15) is 39.4 Å². The van der Waals surface area contributed by atoms with Crippen molar-refractivity contribution in [2.24, 2.45) is 0 Å². The van der Waals surface area contributed by atoms with Gasteiger partial charge in [-0.05, 0) is 72.4 Å². The summed E-state index contributed by atoms with van der Waals surface area (Å²) >= 11 is 6.48. The average molecular weight is 534 g/mol. The van der Waals surface area contributed by atoms with Crippen LogP contribution in [-0.2, 0) is 16.2 Å². The molecular formula is C29H27NO5S2. The highest BCUT2D eigenvalue weighted by molar-refractivity contribution is 8.26. The van der Waals surface area contributed by atoms with E-state index in [4.69, 9.17) is 21.7 Å². The Labute approximate surface area is 225 Å². The maximum absolute atomic E-state index is 13.2.